The van der Waals surface area contributed by atoms with Crippen LogP contribution < -0.4 is 4.74 Å². The molecule has 0 aliphatic carbocycles. The molecule has 188 valence electrons. The predicted octanol–water partition coefficient (Wildman–Crippen LogP) is 3.07. The van der Waals surface area contributed by atoms with Crippen LogP contribution >= 0.6 is 11.6 Å². The van der Waals surface area contributed by atoms with Gasteiger partial charge in [0, 0.05) is 37.7 Å². The lowest BCUT2D eigenvalue weighted by Gasteiger charge is -2.43. The number of halogens is 3. The summed E-state index contributed by atoms with van der Waals surface area (Å²) in [5.41, 5.74) is -1.82. The van der Waals surface area contributed by atoms with E-state index >= 15 is 0 Å². The number of piperazine rings is 1. The third-order valence-corrected chi connectivity index (χ3v) is 6.57. The molecule has 2 aliphatic heterocycles. The van der Waals surface area contributed by atoms with Crippen molar-refractivity contribution in [3.63, 3.8) is 0 Å². The highest BCUT2D eigenvalue weighted by Crippen LogP contribution is 2.28. The molecule has 2 aromatic carbocycles. The van der Waals surface area contributed by atoms with Crippen LogP contribution in [0, 0.1) is 11.6 Å². The van der Waals surface area contributed by atoms with E-state index in [1.807, 2.05) is 7.05 Å². The monoisotopic (exact) mass is 507 g/mol. The van der Waals surface area contributed by atoms with Gasteiger partial charge in [0.2, 0.25) is 5.91 Å². The number of hydrogen-bond donors (Lipinski definition) is 0. The fourth-order valence-corrected chi connectivity index (χ4v) is 4.52. The summed E-state index contributed by atoms with van der Waals surface area (Å²) in [6, 6.07) is 10.1. The number of carbonyl (C=O) groups is 2. The molecule has 0 bridgehead atoms. The van der Waals surface area contributed by atoms with Crippen molar-refractivity contribution in [3.05, 3.63) is 64.7 Å². The number of likely N-dealkylation sites (N-methyl/N-ethyl adjacent to an activating group) is 1. The molecule has 0 aromatic heterocycles. The zero-order valence-electron chi connectivity index (χ0n) is 19.5. The number of nitrogens with zero attached hydrogens (tertiary/aromatic N) is 3. The van der Waals surface area contributed by atoms with E-state index in [0.717, 1.165) is 25.2 Å². The Bertz CT molecular complexity index is 1060. The molecule has 0 spiro atoms. The van der Waals surface area contributed by atoms with Gasteiger partial charge in [0.15, 0.2) is 0 Å². The summed E-state index contributed by atoms with van der Waals surface area (Å²) in [5, 5.41) is 0.487. The van der Waals surface area contributed by atoms with Gasteiger partial charge in [0.1, 0.15) is 35.2 Å². The van der Waals surface area contributed by atoms with Gasteiger partial charge in [-0.3, -0.25) is 9.59 Å². The van der Waals surface area contributed by atoms with Crippen LogP contribution in [0.4, 0.5) is 8.78 Å². The second-order valence-electron chi connectivity index (χ2n) is 8.96. The second kappa shape index (κ2) is 10.9. The molecule has 10 heteroatoms. The zero-order valence-corrected chi connectivity index (χ0v) is 20.3. The maximum absolute atomic E-state index is 14.3. The molecule has 2 saturated heterocycles. The quantitative estimate of drug-likeness (QED) is 0.601. The fourth-order valence-electron chi connectivity index (χ4n) is 4.34. The largest absolute Gasteiger partial charge is 0.490 e. The molecule has 2 heterocycles. The normalized spacial score (nSPS) is 21.1. The molecular weight excluding hydrogens is 480 g/mol. The van der Waals surface area contributed by atoms with Crippen molar-refractivity contribution in [2.24, 2.45) is 0 Å². The van der Waals surface area contributed by atoms with E-state index in [9.17, 15) is 18.4 Å². The van der Waals surface area contributed by atoms with Crippen LogP contribution in [0.25, 0.3) is 0 Å². The Kier molecular flexibility index (Phi) is 7.88. The summed E-state index contributed by atoms with van der Waals surface area (Å²) >= 11 is 6.06. The van der Waals surface area contributed by atoms with Gasteiger partial charge in [-0.25, -0.2) is 8.78 Å². The first-order valence-corrected chi connectivity index (χ1v) is 11.9. The molecule has 4 rings (SSSR count). The first-order valence-electron chi connectivity index (χ1n) is 11.5. The first kappa shape index (κ1) is 25.3. The third kappa shape index (κ3) is 6.09. The molecule has 2 fully saturated rings. The lowest BCUT2D eigenvalue weighted by atomic mass is 9.96. The Balaban J connectivity index is 1.56. The van der Waals surface area contributed by atoms with Crippen LogP contribution in [0.5, 0.6) is 5.75 Å². The highest BCUT2D eigenvalue weighted by Gasteiger charge is 2.43. The molecule has 2 amide bonds. The van der Waals surface area contributed by atoms with Gasteiger partial charge in [-0.2, -0.15) is 0 Å². The summed E-state index contributed by atoms with van der Waals surface area (Å²) in [5.74, 6) is -2.30. The van der Waals surface area contributed by atoms with E-state index in [-0.39, 0.29) is 38.6 Å². The van der Waals surface area contributed by atoms with Gasteiger partial charge in [0.05, 0.1) is 19.6 Å². The van der Waals surface area contributed by atoms with Gasteiger partial charge in [-0.15, -0.1) is 0 Å². The Morgan fingerprint density at radius 2 is 1.71 bits per heavy atom. The minimum absolute atomic E-state index is 0.0409. The van der Waals surface area contributed by atoms with E-state index in [1.165, 1.54) is 11.0 Å². The lowest BCUT2D eigenvalue weighted by Crippen LogP contribution is -2.59. The maximum atomic E-state index is 14.3. The average Bonchev–Trinajstić information content (AvgIpc) is 2.83. The molecule has 0 N–H and O–H groups in total. The average molecular weight is 508 g/mol. The van der Waals surface area contributed by atoms with Crippen molar-refractivity contribution in [2.75, 3.05) is 59.5 Å². The van der Waals surface area contributed by atoms with Crippen LogP contribution in [0.2, 0.25) is 5.02 Å². The minimum Gasteiger partial charge on any atom is -0.490 e. The summed E-state index contributed by atoms with van der Waals surface area (Å²) in [6.45, 7) is 2.82. The van der Waals surface area contributed by atoms with Crippen molar-refractivity contribution in [1.29, 1.82) is 0 Å². The molecule has 0 unspecified atom stereocenters. The highest BCUT2D eigenvalue weighted by atomic mass is 35.5. The maximum Gasteiger partial charge on any atom is 0.260 e. The van der Waals surface area contributed by atoms with Crippen LogP contribution in [0.3, 0.4) is 0 Å². The Hall–Kier alpha value is -2.75. The Morgan fingerprint density at radius 3 is 2.40 bits per heavy atom. The summed E-state index contributed by atoms with van der Waals surface area (Å²) in [6.07, 6.45) is -0.0409. The molecule has 0 radical (unpaired) electrons. The van der Waals surface area contributed by atoms with Gasteiger partial charge < -0.3 is 24.2 Å². The second-order valence-corrected chi connectivity index (χ2v) is 9.40. The predicted molar refractivity (Wildman–Crippen MR) is 127 cm³/mol. The van der Waals surface area contributed by atoms with Crippen molar-refractivity contribution in [2.45, 2.75) is 12.0 Å². The van der Waals surface area contributed by atoms with Crippen LogP contribution in [-0.4, -0.2) is 91.6 Å². The standard InChI is InChI=1S/C25H28ClF2N3O4/c1-29-8-10-30(11-9-29)22(32)15-25(17-34-19-5-2-4-18(26)14-19)16-31(12-13-35-25)24(33)23-20(27)6-3-7-21(23)28/h2-7,14H,8-13,15-17H2,1H3/t25-/m1/s1. The molecule has 1 atom stereocenters. The van der Waals surface area contributed by atoms with Gasteiger partial charge in [0.25, 0.3) is 5.91 Å². The summed E-state index contributed by atoms with van der Waals surface area (Å²) in [7, 11) is 2.00. The molecular formula is C25H28ClF2N3O4. The summed E-state index contributed by atoms with van der Waals surface area (Å²) < 4.78 is 40.7. The van der Waals surface area contributed by atoms with Crippen LogP contribution in [0.15, 0.2) is 42.5 Å². The number of rotatable bonds is 6. The van der Waals surface area contributed by atoms with E-state index in [1.54, 1.807) is 29.2 Å². The van der Waals surface area contributed by atoms with E-state index in [0.29, 0.717) is 23.9 Å². The van der Waals surface area contributed by atoms with Gasteiger partial charge in [-0.05, 0) is 37.4 Å². The zero-order chi connectivity index (χ0) is 25.0. The van der Waals surface area contributed by atoms with Crippen molar-refractivity contribution in [1.82, 2.24) is 14.7 Å². The van der Waals surface area contributed by atoms with E-state index < -0.39 is 28.7 Å². The number of amides is 2. The molecule has 35 heavy (non-hydrogen) atoms. The molecule has 7 nitrogen and oxygen atoms in total. The minimum atomic E-state index is -1.20. The number of ether oxygens (including phenoxy) is 2. The fraction of sp³-hybridized carbons (Fsp3) is 0.440. The highest BCUT2D eigenvalue weighted by molar-refractivity contribution is 6.30. The number of benzene rings is 2. The molecule has 2 aromatic rings. The molecule has 2 aliphatic rings. The number of carbonyl (C=O) groups excluding carboxylic acids is 2. The van der Waals surface area contributed by atoms with E-state index in [2.05, 4.69) is 4.90 Å². The van der Waals surface area contributed by atoms with E-state index in [4.69, 9.17) is 21.1 Å². The lowest BCUT2D eigenvalue weighted by molar-refractivity contribution is -0.154. The summed E-state index contributed by atoms with van der Waals surface area (Å²) in [4.78, 5) is 31.6. The first-order chi connectivity index (χ1) is 16.8. The van der Waals surface area contributed by atoms with Gasteiger partial charge in [-0.1, -0.05) is 23.7 Å². The number of hydrogen-bond acceptors (Lipinski definition) is 5. The smallest absolute Gasteiger partial charge is 0.260 e. The van der Waals surface area contributed by atoms with Crippen LogP contribution in [0.1, 0.15) is 16.8 Å². The van der Waals surface area contributed by atoms with Crippen LogP contribution in [-0.2, 0) is 9.53 Å². The Labute approximate surface area is 208 Å². The third-order valence-electron chi connectivity index (χ3n) is 6.34. The van der Waals surface area contributed by atoms with Gasteiger partial charge >= 0.3 is 0 Å². The molecule has 0 saturated carbocycles. The Morgan fingerprint density at radius 1 is 1.03 bits per heavy atom. The van der Waals surface area contributed by atoms with Crippen molar-refractivity contribution in [3.8, 4) is 5.75 Å². The SMILES string of the molecule is CN1CCN(C(=O)C[C@]2(COc3cccc(Cl)c3)CN(C(=O)c3c(F)cccc3F)CCO2)CC1. The van der Waals surface area contributed by atoms with Crippen molar-refractivity contribution >= 4 is 23.4 Å². The van der Waals surface area contributed by atoms with Crippen molar-refractivity contribution < 1.29 is 27.8 Å². The topological polar surface area (TPSA) is 62.3 Å². The number of morpholine rings is 1.